The first-order chi connectivity index (χ1) is 9.01. The zero-order valence-corrected chi connectivity index (χ0v) is 12.7. The molecule has 1 N–H and O–H groups in total. The lowest BCUT2D eigenvalue weighted by molar-refractivity contribution is 0.00955. The van der Waals surface area contributed by atoms with Crippen molar-refractivity contribution in [1.82, 2.24) is 15.2 Å². The first-order valence-electron chi connectivity index (χ1n) is 7.41. The van der Waals surface area contributed by atoms with E-state index in [1.54, 1.807) is 0 Å². The van der Waals surface area contributed by atoms with E-state index in [-0.39, 0.29) is 11.1 Å². The van der Waals surface area contributed by atoms with Crippen LogP contribution in [0.25, 0.3) is 0 Å². The highest BCUT2D eigenvalue weighted by Gasteiger charge is 2.40. The summed E-state index contributed by atoms with van der Waals surface area (Å²) in [5.41, 5.74) is 1.62. The number of nitrogens with zero attached hydrogens (tertiary/aromatic N) is 2. The molecule has 3 nitrogen and oxygen atoms in total. The largest absolute Gasteiger partial charge is 0.308 e. The Morgan fingerprint density at radius 2 is 2.05 bits per heavy atom. The fourth-order valence-electron chi connectivity index (χ4n) is 2.70. The average molecular weight is 261 g/mol. The molecule has 1 aromatic rings. The highest BCUT2D eigenvalue weighted by atomic mass is 15.3. The van der Waals surface area contributed by atoms with E-state index in [0.717, 1.165) is 32.5 Å². The molecule has 0 bridgehead atoms. The van der Waals surface area contributed by atoms with Crippen LogP contribution in [-0.2, 0) is 6.54 Å². The number of hydrogen-bond acceptors (Lipinski definition) is 3. The molecule has 2 unspecified atom stereocenters. The zero-order chi connectivity index (χ0) is 13.9. The van der Waals surface area contributed by atoms with Crippen LogP contribution in [0.5, 0.6) is 0 Å². The summed E-state index contributed by atoms with van der Waals surface area (Å²) in [7, 11) is 0. The van der Waals surface area contributed by atoms with Gasteiger partial charge in [-0.3, -0.25) is 9.88 Å². The first kappa shape index (κ1) is 14.5. The monoisotopic (exact) mass is 261 g/mol. The summed E-state index contributed by atoms with van der Waals surface area (Å²) in [6.45, 7) is 12.3. The second-order valence-electron chi connectivity index (χ2n) is 6.30. The average Bonchev–Trinajstić information content (AvgIpc) is 2.44. The Morgan fingerprint density at radius 1 is 1.26 bits per heavy atom. The van der Waals surface area contributed by atoms with Crippen LogP contribution in [0.15, 0.2) is 24.4 Å². The lowest BCUT2D eigenvalue weighted by atomic mass is 9.85. The van der Waals surface area contributed by atoms with Gasteiger partial charge in [0.2, 0.25) is 0 Å². The van der Waals surface area contributed by atoms with Crippen LogP contribution in [0.3, 0.4) is 0 Å². The minimum atomic E-state index is 0.226. The molecule has 0 aliphatic carbocycles. The number of rotatable bonds is 4. The Hall–Kier alpha value is -0.930. The predicted molar refractivity (Wildman–Crippen MR) is 80.0 cm³/mol. The van der Waals surface area contributed by atoms with Gasteiger partial charge in [-0.15, -0.1) is 0 Å². The van der Waals surface area contributed by atoms with E-state index >= 15 is 0 Å². The number of pyridine rings is 1. The van der Waals surface area contributed by atoms with Gasteiger partial charge in [-0.25, -0.2) is 0 Å². The van der Waals surface area contributed by atoms with Gasteiger partial charge >= 0.3 is 0 Å². The summed E-state index contributed by atoms with van der Waals surface area (Å²) < 4.78 is 0. The number of hydrogen-bond donors (Lipinski definition) is 1. The molecule has 1 aromatic heterocycles. The summed E-state index contributed by atoms with van der Waals surface area (Å²) in [4.78, 5) is 7.09. The minimum absolute atomic E-state index is 0.226. The molecule has 0 aromatic carbocycles. The molecule has 0 amide bonds. The summed E-state index contributed by atoms with van der Waals surface area (Å²) in [6.07, 6.45) is 4.21. The fraction of sp³-hybridized carbons (Fsp3) is 0.688. The van der Waals surface area contributed by atoms with Gasteiger partial charge in [0.05, 0.1) is 5.69 Å². The molecular weight excluding hydrogens is 234 g/mol. The van der Waals surface area contributed by atoms with Crippen LogP contribution >= 0.6 is 0 Å². The zero-order valence-electron chi connectivity index (χ0n) is 12.7. The van der Waals surface area contributed by atoms with Gasteiger partial charge in [-0.1, -0.05) is 19.9 Å². The Balaban J connectivity index is 2.17. The molecule has 0 spiro atoms. The Morgan fingerprint density at radius 3 is 2.63 bits per heavy atom. The molecule has 2 rings (SSSR count). The number of piperazine rings is 1. The maximum Gasteiger partial charge on any atom is 0.0544 e. The van der Waals surface area contributed by atoms with E-state index in [1.165, 1.54) is 5.69 Å². The van der Waals surface area contributed by atoms with Crippen molar-refractivity contribution in [3.63, 3.8) is 0 Å². The van der Waals surface area contributed by atoms with Crippen molar-refractivity contribution in [2.45, 2.75) is 58.2 Å². The first-order valence-corrected chi connectivity index (χ1v) is 7.41. The Kier molecular flexibility index (Phi) is 4.26. The molecule has 0 saturated carbocycles. The third-order valence-electron chi connectivity index (χ3n) is 4.82. The van der Waals surface area contributed by atoms with Crippen LogP contribution in [0.2, 0.25) is 0 Å². The smallest absolute Gasteiger partial charge is 0.0544 e. The van der Waals surface area contributed by atoms with E-state index in [4.69, 9.17) is 0 Å². The molecule has 106 valence electrons. The number of nitrogens with one attached hydrogen (secondary N) is 1. The molecule has 1 saturated heterocycles. The molecule has 1 fully saturated rings. The van der Waals surface area contributed by atoms with Crippen LogP contribution in [-0.4, -0.2) is 34.1 Å². The van der Waals surface area contributed by atoms with E-state index in [0.29, 0.717) is 0 Å². The molecule has 19 heavy (non-hydrogen) atoms. The van der Waals surface area contributed by atoms with Gasteiger partial charge in [-0.05, 0) is 38.8 Å². The van der Waals surface area contributed by atoms with Crippen molar-refractivity contribution in [1.29, 1.82) is 0 Å². The minimum Gasteiger partial charge on any atom is -0.308 e. The van der Waals surface area contributed by atoms with E-state index < -0.39 is 0 Å². The normalized spacial score (nSPS) is 32.4. The molecule has 1 aliphatic heterocycles. The molecular formula is C16H27N3. The molecule has 3 heteroatoms. The number of aromatic nitrogens is 1. The SMILES string of the molecule is CCC1(C)CN(Cc2ccccn2)C(C)(CC)CN1. The van der Waals surface area contributed by atoms with E-state index in [2.05, 4.69) is 55.0 Å². The quantitative estimate of drug-likeness (QED) is 0.903. The maximum atomic E-state index is 4.48. The van der Waals surface area contributed by atoms with E-state index in [1.807, 2.05) is 12.3 Å². The third-order valence-corrected chi connectivity index (χ3v) is 4.82. The predicted octanol–water partition coefficient (Wildman–Crippen LogP) is 2.82. The molecule has 1 aliphatic rings. The highest BCUT2D eigenvalue weighted by Crippen LogP contribution is 2.29. The van der Waals surface area contributed by atoms with Crippen LogP contribution in [0.4, 0.5) is 0 Å². The third kappa shape index (κ3) is 3.15. The van der Waals surface area contributed by atoms with Crippen molar-refractivity contribution in [2.24, 2.45) is 0 Å². The van der Waals surface area contributed by atoms with Crippen LogP contribution in [0, 0.1) is 0 Å². The van der Waals surface area contributed by atoms with Crippen molar-refractivity contribution in [2.75, 3.05) is 13.1 Å². The topological polar surface area (TPSA) is 28.2 Å². The summed E-state index contributed by atoms with van der Waals surface area (Å²) in [6, 6.07) is 6.19. The maximum absolute atomic E-state index is 4.48. The molecule has 0 radical (unpaired) electrons. The van der Waals surface area contributed by atoms with E-state index in [9.17, 15) is 0 Å². The van der Waals surface area contributed by atoms with Gasteiger partial charge in [-0.2, -0.15) is 0 Å². The fourth-order valence-corrected chi connectivity index (χ4v) is 2.70. The lowest BCUT2D eigenvalue weighted by Crippen LogP contribution is -2.67. The Labute approximate surface area is 117 Å². The van der Waals surface area contributed by atoms with Crippen LogP contribution < -0.4 is 5.32 Å². The standard InChI is InChI=1S/C16H27N3/c1-5-15(3)13-19(16(4,6-2)12-18-15)11-14-9-7-8-10-17-14/h7-10,18H,5-6,11-13H2,1-4H3. The van der Waals surface area contributed by atoms with Crippen molar-refractivity contribution in [3.8, 4) is 0 Å². The van der Waals surface area contributed by atoms with Crippen molar-refractivity contribution < 1.29 is 0 Å². The summed E-state index contributed by atoms with van der Waals surface area (Å²) >= 11 is 0. The van der Waals surface area contributed by atoms with Gasteiger partial charge in [0, 0.05) is 36.9 Å². The summed E-state index contributed by atoms with van der Waals surface area (Å²) in [5.74, 6) is 0. The van der Waals surface area contributed by atoms with Crippen LogP contribution in [0.1, 0.15) is 46.2 Å². The van der Waals surface area contributed by atoms with Gasteiger partial charge in [0.25, 0.3) is 0 Å². The second kappa shape index (κ2) is 5.59. The van der Waals surface area contributed by atoms with Crippen molar-refractivity contribution in [3.05, 3.63) is 30.1 Å². The van der Waals surface area contributed by atoms with Gasteiger partial charge in [0.1, 0.15) is 0 Å². The lowest BCUT2D eigenvalue weighted by Gasteiger charge is -2.52. The summed E-state index contributed by atoms with van der Waals surface area (Å²) in [5, 5.41) is 3.74. The highest BCUT2D eigenvalue weighted by molar-refractivity contribution is 5.07. The van der Waals surface area contributed by atoms with Crippen molar-refractivity contribution >= 4 is 0 Å². The molecule has 2 atom stereocenters. The molecule has 2 heterocycles. The second-order valence-corrected chi connectivity index (χ2v) is 6.30. The van der Waals surface area contributed by atoms with Gasteiger partial charge < -0.3 is 5.32 Å². The van der Waals surface area contributed by atoms with Gasteiger partial charge in [0.15, 0.2) is 0 Å². The Bertz CT molecular complexity index is 406.